The molecule has 3 atom stereocenters. The van der Waals surface area contributed by atoms with Crippen molar-refractivity contribution in [2.24, 2.45) is 0 Å². The van der Waals surface area contributed by atoms with Gasteiger partial charge in [-0.25, -0.2) is 0 Å². The number of anilines is 1. The first-order chi connectivity index (χ1) is 12.5. The standard InChI is InChI=1S/C19H22N4O3/c1-12(11-24)22-19(25)17-10-23(9-13(2)26-17)16-6-5-14(8-20)18-15(16)4-3-7-21-18/h3-7,12-13,17,24H,9-11H2,1-2H3,(H,22,25)/t12?,13-,17-/m1/s1. The van der Waals surface area contributed by atoms with Gasteiger partial charge in [0.2, 0.25) is 0 Å². The van der Waals surface area contributed by atoms with Crippen LogP contribution in [0.3, 0.4) is 0 Å². The lowest BCUT2D eigenvalue weighted by Crippen LogP contribution is -2.54. The fourth-order valence-electron chi connectivity index (χ4n) is 3.20. The average molecular weight is 354 g/mol. The number of carbonyl (C=O) groups excluding carboxylic acids is 1. The molecule has 1 aromatic heterocycles. The van der Waals surface area contributed by atoms with Gasteiger partial charge in [0.05, 0.1) is 30.3 Å². The number of hydrogen-bond acceptors (Lipinski definition) is 6. The minimum absolute atomic E-state index is 0.121. The van der Waals surface area contributed by atoms with E-state index in [4.69, 9.17) is 9.84 Å². The highest BCUT2D eigenvalue weighted by Crippen LogP contribution is 2.30. The summed E-state index contributed by atoms with van der Waals surface area (Å²) < 4.78 is 5.80. The Morgan fingerprint density at radius 1 is 1.50 bits per heavy atom. The smallest absolute Gasteiger partial charge is 0.251 e. The van der Waals surface area contributed by atoms with Gasteiger partial charge in [0.25, 0.3) is 5.91 Å². The van der Waals surface area contributed by atoms with Crippen LogP contribution in [-0.2, 0) is 9.53 Å². The quantitative estimate of drug-likeness (QED) is 0.856. The van der Waals surface area contributed by atoms with Gasteiger partial charge in [-0.15, -0.1) is 0 Å². The summed E-state index contributed by atoms with van der Waals surface area (Å²) in [5.41, 5.74) is 2.11. The van der Waals surface area contributed by atoms with Crippen molar-refractivity contribution in [1.82, 2.24) is 10.3 Å². The molecule has 0 saturated carbocycles. The largest absolute Gasteiger partial charge is 0.394 e. The molecule has 0 spiro atoms. The van der Waals surface area contributed by atoms with Crippen molar-refractivity contribution in [3.8, 4) is 6.07 Å². The molecule has 1 unspecified atom stereocenters. The minimum atomic E-state index is -0.630. The van der Waals surface area contributed by atoms with E-state index in [9.17, 15) is 10.1 Å². The summed E-state index contributed by atoms with van der Waals surface area (Å²) in [6.45, 7) is 4.57. The molecule has 2 heterocycles. The highest BCUT2D eigenvalue weighted by atomic mass is 16.5. The summed E-state index contributed by atoms with van der Waals surface area (Å²) in [7, 11) is 0. The molecule has 7 nitrogen and oxygen atoms in total. The summed E-state index contributed by atoms with van der Waals surface area (Å²) in [4.78, 5) is 18.9. The molecule has 26 heavy (non-hydrogen) atoms. The molecule has 1 aliphatic rings. The first-order valence-electron chi connectivity index (χ1n) is 8.63. The minimum Gasteiger partial charge on any atom is -0.394 e. The van der Waals surface area contributed by atoms with E-state index in [1.807, 2.05) is 25.1 Å². The molecule has 2 N–H and O–H groups in total. The van der Waals surface area contributed by atoms with Crippen molar-refractivity contribution >= 4 is 22.5 Å². The number of aliphatic hydroxyl groups is 1. The van der Waals surface area contributed by atoms with Crippen LogP contribution in [0.2, 0.25) is 0 Å². The van der Waals surface area contributed by atoms with Crippen molar-refractivity contribution in [3.63, 3.8) is 0 Å². The number of benzene rings is 1. The van der Waals surface area contributed by atoms with E-state index in [1.165, 1.54) is 0 Å². The van der Waals surface area contributed by atoms with Crippen LogP contribution < -0.4 is 10.2 Å². The number of nitriles is 1. The molecule has 3 rings (SSSR count). The molecule has 1 fully saturated rings. The van der Waals surface area contributed by atoms with Crippen LogP contribution in [0, 0.1) is 11.3 Å². The molecule has 136 valence electrons. The molecule has 1 aliphatic heterocycles. The number of ether oxygens (including phenoxy) is 1. The van der Waals surface area contributed by atoms with Crippen molar-refractivity contribution in [1.29, 1.82) is 5.26 Å². The summed E-state index contributed by atoms with van der Waals surface area (Å²) in [5.74, 6) is -0.237. The molecule has 2 aromatic rings. The summed E-state index contributed by atoms with van der Waals surface area (Å²) in [5, 5.41) is 22.1. The maximum atomic E-state index is 12.4. The molecule has 0 radical (unpaired) electrons. The van der Waals surface area contributed by atoms with Gasteiger partial charge in [0.1, 0.15) is 6.07 Å². The monoisotopic (exact) mass is 354 g/mol. The van der Waals surface area contributed by atoms with E-state index in [0.717, 1.165) is 11.1 Å². The normalized spacial score (nSPS) is 21.2. The topological polar surface area (TPSA) is 98.5 Å². The van der Waals surface area contributed by atoms with Gasteiger partial charge in [-0.2, -0.15) is 5.26 Å². The molecule has 7 heteroatoms. The Bertz CT molecular complexity index is 848. The number of amides is 1. The van der Waals surface area contributed by atoms with Crippen LogP contribution in [0.15, 0.2) is 30.5 Å². The second kappa shape index (κ2) is 7.68. The molecule has 1 saturated heterocycles. The van der Waals surface area contributed by atoms with Gasteiger partial charge < -0.3 is 20.1 Å². The van der Waals surface area contributed by atoms with Crippen molar-refractivity contribution in [3.05, 3.63) is 36.0 Å². The lowest BCUT2D eigenvalue weighted by molar-refractivity contribution is -0.138. The van der Waals surface area contributed by atoms with Crippen molar-refractivity contribution in [2.45, 2.75) is 32.1 Å². The zero-order valence-corrected chi connectivity index (χ0v) is 14.8. The zero-order chi connectivity index (χ0) is 18.7. The summed E-state index contributed by atoms with van der Waals surface area (Å²) in [6.07, 6.45) is 0.905. The third kappa shape index (κ3) is 3.62. The molecule has 0 bridgehead atoms. The van der Waals surface area contributed by atoms with Gasteiger partial charge in [-0.1, -0.05) is 0 Å². The fourth-order valence-corrected chi connectivity index (χ4v) is 3.20. The van der Waals surface area contributed by atoms with Crippen LogP contribution in [0.4, 0.5) is 5.69 Å². The van der Waals surface area contributed by atoms with E-state index in [-0.39, 0.29) is 24.7 Å². The number of aliphatic hydroxyl groups excluding tert-OH is 1. The highest BCUT2D eigenvalue weighted by molar-refractivity contribution is 5.95. The third-order valence-electron chi connectivity index (χ3n) is 4.42. The first-order valence-corrected chi connectivity index (χ1v) is 8.63. The van der Waals surface area contributed by atoms with Gasteiger partial charge >= 0.3 is 0 Å². The number of rotatable bonds is 4. The van der Waals surface area contributed by atoms with E-state index in [2.05, 4.69) is 21.3 Å². The Morgan fingerprint density at radius 3 is 3.04 bits per heavy atom. The van der Waals surface area contributed by atoms with Crippen LogP contribution >= 0.6 is 0 Å². The maximum Gasteiger partial charge on any atom is 0.251 e. The predicted molar refractivity (Wildman–Crippen MR) is 97.7 cm³/mol. The number of fused-ring (bicyclic) bond motifs is 1. The van der Waals surface area contributed by atoms with Gasteiger partial charge in [-0.05, 0) is 38.1 Å². The average Bonchev–Trinajstić information content (AvgIpc) is 2.66. The lowest BCUT2D eigenvalue weighted by Gasteiger charge is -2.38. The number of pyridine rings is 1. The summed E-state index contributed by atoms with van der Waals surface area (Å²) in [6, 6.07) is 9.27. The number of aromatic nitrogens is 1. The number of nitrogens with zero attached hydrogens (tertiary/aromatic N) is 3. The van der Waals surface area contributed by atoms with Crippen LogP contribution in [0.5, 0.6) is 0 Å². The second-order valence-electron chi connectivity index (χ2n) is 6.58. The van der Waals surface area contributed by atoms with E-state index in [1.54, 1.807) is 19.2 Å². The molecular formula is C19H22N4O3. The van der Waals surface area contributed by atoms with Crippen LogP contribution in [0.1, 0.15) is 19.4 Å². The molecule has 1 aromatic carbocycles. The number of morpholine rings is 1. The van der Waals surface area contributed by atoms with Crippen LogP contribution in [0.25, 0.3) is 10.9 Å². The Hall–Kier alpha value is -2.69. The predicted octanol–water partition coefficient (Wildman–Crippen LogP) is 1.20. The third-order valence-corrected chi connectivity index (χ3v) is 4.42. The molecule has 1 amide bonds. The fraction of sp³-hybridized carbons (Fsp3) is 0.421. The zero-order valence-electron chi connectivity index (χ0n) is 14.8. The Kier molecular flexibility index (Phi) is 5.35. The second-order valence-corrected chi connectivity index (χ2v) is 6.58. The molecular weight excluding hydrogens is 332 g/mol. The lowest BCUT2D eigenvalue weighted by atomic mass is 10.1. The highest BCUT2D eigenvalue weighted by Gasteiger charge is 2.31. The van der Waals surface area contributed by atoms with E-state index in [0.29, 0.717) is 24.2 Å². The van der Waals surface area contributed by atoms with Gasteiger partial charge in [0, 0.05) is 29.9 Å². The first kappa shape index (κ1) is 18.1. The van der Waals surface area contributed by atoms with Crippen LogP contribution in [-0.4, -0.2) is 53.9 Å². The Labute approximate surface area is 152 Å². The van der Waals surface area contributed by atoms with Crippen molar-refractivity contribution < 1.29 is 14.6 Å². The summed E-state index contributed by atoms with van der Waals surface area (Å²) >= 11 is 0. The van der Waals surface area contributed by atoms with Gasteiger partial charge in [0.15, 0.2) is 6.10 Å². The SMILES string of the molecule is CC(CO)NC(=O)[C@H]1CN(c2ccc(C#N)c3ncccc23)C[C@@H](C)O1. The molecule has 0 aliphatic carbocycles. The Morgan fingerprint density at radius 2 is 2.31 bits per heavy atom. The number of hydrogen-bond donors (Lipinski definition) is 2. The maximum absolute atomic E-state index is 12.4. The van der Waals surface area contributed by atoms with Gasteiger partial charge in [-0.3, -0.25) is 9.78 Å². The van der Waals surface area contributed by atoms with Crippen molar-refractivity contribution in [2.75, 3.05) is 24.6 Å². The van der Waals surface area contributed by atoms with E-state index >= 15 is 0 Å². The number of nitrogens with one attached hydrogen (secondary N) is 1. The Balaban J connectivity index is 1.91. The number of carbonyl (C=O) groups is 1. The van der Waals surface area contributed by atoms with E-state index < -0.39 is 6.10 Å².